The molecule has 144 valence electrons. The number of carbonyl (C=O) groups excluding carboxylic acids is 1. The van der Waals surface area contributed by atoms with E-state index in [1.54, 1.807) is 23.5 Å². The molecule has 2 saturated heterocycles. The summed E-state index contributed by atoms with van der Waals surface area (Å²) in [5.41, 5.74) is 3.10. The highest BCUT2D eigenvalue weighted by atomic mass is 32.1. The molecular formula is C21H23N5OS. The van der Waals surface area contributed by atoms with Gasteiger partial charge in [0.25, 0.3) is 5.91 Å². The highest BCUT2D eigenvalue weighted by Crippen LogP contribution is 2.38. The Kier molecular flexibility index (Phi) is 4.33. The lowest BCUT2D eigenvalue weighted by molar-refractivity contribution is 0.0736. The molecule has 0 aliphatic carbocycles. The minimum atomic E-state index is -0.0561. The van der Waals surface area contributed by atoms with Crippen molar-refractivity contribution in [1.29, 1.82) is 5.26 Å². The number of rotatable bonds is 2. The maximum Gasteiger partial charge on any atom is 0.255 e. The van der Waals surface area contributed by atoms with Crippen molar-refractivity contribution < 1.29 is 4.79 Å². The summed E-state index contributed by atoms with van der Waals surface area (Å²) in [6.07, 6.45) is 3.25. The molecule has 2 bridgehead atoms. The van der Waals surface area contributed by atoms with Crippen LogP contribution < -0.4 is 10.2 Å². The molecule has 0 radical (unpaired) electrons. The molecule has 4 heterocycles. The lowest BCUT2D eigenvalue weighted by atomic mass is 10.0. The number of anilines is 1. The third-order valence-electron chi connectivity index (χ3n) is 6.13. The first-order chi connectivity index (χ1) is 13.6. The summed E-state index contributed by atoms with van der Waals surface area (Å²) >= 11 is 1.75. The number of piperazine rings is 1. The molecule has 1 N–H and O–H groups in total. The molecule has 3 aliphatic heterocycles. The molecule has 2 unspecified atom stereocenters. The van der Waals surface area contributed by atoms with Gasteiger partial charge in [-0.15, -0.1) is 0 Å². The van der Waals surface area contributed by atoms with Crippen LogP contribution >= 0.6 is 11.3 Å². The van der Waals surface area contributed by atoms with E-state index in [9.17, 15) is 10.1 Å². The summed E-state index contributed by atoms with van der Waals surface area (Å²) in [7, 11) is 0. The molecule has 28 heavy (non-hydrogen) atoms. The van der Waals surface area contributed by atoms with Crippen LogP contribution in [0.15, 0.2) is 18.2 Å². The van der Waals surface area contributed by atoms with Crippen LogP contribution in [0, 0.1) is 18.3 Å². The van der Waals surface area contributed by atoms with Gasteiger partial charge in [0, 0.05) is 43.0 Å². The Bertz CT molecular complexity index is 962. The number of amides is 1. The van der Waals surface area contributed by atoms with Gasteiger partial charge in [-0.2, -0.15) is 5.26 Å². The zero-order valence-electron chi connectivity index (χ0n) is 15.9. The molecule has 0 spiro atoms. The topological polar surface area (TPSA) is 72.3 Å². The molecular weight excluding hydrogens is 370 g/mol. The van der Waals surface area contributed by atoms with E-state index in [1.165, 1.54) is 17.7 Å². The van der Waals surface area contributed by atoms with Gasteiger partial charge in [-0.3, -0.25) is 4.79 Å². The number of nitrogens with one attached hydrogen (secondary N) is 1. The molecule has 2 aromatic rings. The van der Waals surface area contributed by atoms with Crippen molar-refractivity contribution in [2.24, 2.45) is 0 Å². The fourth-order valence-corrected chi connectivity index (χ4v) is 5.93. The van der Waals surface area contributed by atoms with Gasteiger partial charge in [0.05, 0.1) is 29.4 Å². The summed E-state index contributed by atoms with van der Waals surface area (Å²) in [6, 6.07) is 8.73. The third kappa shape index (κ3) is 2.88. The van der Waals surface area contributed by atoms with Crippen molar-refractivity contribution in [2.75, 3.05) is 24.5 Å². The monoisotopic (exact) mass is 393 g/mol. The number of hydrogen-bond acceptors (Lipinski definition) is 6. The average molecular weight is 394 g/mol. The Labute approximate surface area is 168 Å². The van der Waals surface area contributed by atoms with E-state index < -0.39 is 0 Å². The SMILES string of the molecule is Cc1ccc(C(=O)N2CCc3nc(N4C5CCC4CNC5)sc3C2)c(C#N)c1. The number of aromatic nitrogens is 1. The molecule has 3 aliphatic rings. The van der Waals surface area contributed by atoms with E-state index in [-0.39, 0.29) is 5.91 Å². The van der Waals surface area contributed by atoms with E-state index in [0.29, 0.717) is 36.3 Å². The van der Waals surface area contributed by atoms with E-state index in [2.05, 4.69) is 16.3 Å². The van der Waals surface area contributed by atoms with E-state index in [1.807, 2.05) is 17.9 Å². The molecule has 2 atom stereocenters. The second-order valence-corrected chi connectivity index (χ2v) is 9.02. The number of nitriles is 1. The third-order valence-corrected chi connectivity index (χ3v) is 7.23. The summed E-state index contributed by atoms with van der Waals surface area (Å²) in [4.78, 5) is 23.6. The van der Waals surface area contributed by atoms with Crippen LogP contribution in [0.1, 0.15) is 44.9 Å². The molecule has 0 saturated carbocycles. The van der Waals surface area contributed by atoms with Crippen molar-refractivity contribution in [1.82, 2.24) is 15.2 Å². The minimum Gasteiger partial charge on any atom is -0.340 e. The van der Waals surface area contributed by atoms with Gasteiger partial charge in [0.1, 0.15) is 0 Å². The number of fused-ring (bicyclic) bond motifs is 3. The largest absolute Gasteiger partial charge is 0.340 e. The van der Waals surface area contributed by atoms with Crippen LogP contribution in [-0.2, 0) is 13.0 Å². The lowest BCUT2D eigenvalue weighted by Gasteiger charge is -2.35. The number of thiazole rings is 1. The second kappa shape index (κ2) is 6.87. The zero-order valence-corrected chi connectivity index (χ0v) is 16.8. The molecule has 1 aromatic carbocycles. The zero-order chi connectivity index (χ0) is 19.3. The van der Waals surface area contributed by atoms with Crippen molar-refractivity contribution in [3.05, 3.63) is 45.5 Å². The van der Waals surface area contributed by atoms with E-state index >= 15 is 0 Å². The smallest absolute Gasteiger partial charge is 0.255 e. The van der Waals surface area contributed by atoms with Crippen molar-refractivity contribution in [3.63, 3.8) is 0 Å². The van der Waals surface area contributed by atoms with Crippen LogP contribution in [0.4, 0.5) is 5.13 Å². The number of nitrogens with zero attached hydrogens (tertiary/aromatic N) is 4. The van der Waals surface area contributed by atoms with Crippen LogP contribution in [0.5, 0.6) is 0 Å². The highest BCUT2D eigenvalue weighted by Gasteiger charge is 2.39. The van der Waals surface area contributed by atoms with Gasteiger partial charge in [0.2, 0.25) is 0 Å². The van der Waals surface area contributed by atoms with Crippen LogP contribution in [0.25, 0.3) is 0 Å². The minimum absolute atomic E-state index is 0.0561. The van der Waals surface area contributed by atoms with Gasteiger partial charge >= 0.3 is 0 Å². The fraction of sp³-hybridized carbons (Fsp3) is 0.476. The van der Waals surface area contributed by atoms with Gasteiger partial charge < -0.3 is 15.1 Å². The fourth-order valence-electron chi connectivity index (χ4n) is 4.66. The maximum absolute atomic E-state index is 13.1. The first-order valence-electron chi connectivity index (χ1n) is 9.91. The number of aryl methyl sites for hydroxylation is 1. The van der Waals surface area contributed by atoms with E-state index in [4.69, 9.17) is 4.98 Å². The van der Waals surface area contributed by atoms with Gasteiger partial charge in [-0.05, 0) is 37.5 Å². The molecule has 1 amide bonds. The number of benzene rings is 1. The lowest BCUT2D eigenvalue weighted by Crippen LogP contribution is -2.51. The summed E-state index contributed by atoms with van der Waals surface area (Å²) in [5, 5.41) is 14.1. The Balaban J connectivity index is 1.38. The van der Waals surface area contributed by atoms with Crippen LogP contribution in [0.3, 0.4) is 0 Å². The molecule has 1 aromatic heterocycles. The number of hydrogen-bond donors (Lipinski definition) is 1. The van der Waals surface area contributed by atoms with Crippen molar-refractivity contribution >= 4 is 22.4 Å². The molecule has 6 nitrogen and oxygen atoms in total. The standard InChI is InChI=1S/C21H23N5OS/c1-13-2-5-17(14(8-13)9-22)20(27)25-7-6-18-19(12-25)28-21(24-18)26-15-3-4-16(26)11-23-10-15/h2,5,8,15-16,23H,3-4,6-7,10-12H2,1H3. The molecule has 5 rings (SSSR count). The van der Waals surface area contributed by atoms with Gasteiger partial charge in [-0.25, -0.2) is 4.98 Å². The number of carbonyl (C=O) groups is 1. The predicted octanol–water partition coefficient (Wildman–Crippen LogP) is 2.46. The van der Waals surface area contributed by atoms with Crippen LogP contribution in [-0.4, -0.2) is 47.5 Å². The normalized spacial score (nSPS) is 23.4. The first-order valence-corrected chi connectivity index (χ1v) is 10.7. The van der Waals surface area contributed by atoms with Gasteiger partial charge in [0.15, 0.2) is 5.13 Å². The molecule has 7 heteroatoms. The highest BCUT2D eigenvalue weighted by molar-refractivity contribution is 7.15. The summed E-state index contributed by atoms with van der Waals surface area (Å²) < 4.78 is 0. The summed E-state index contributed by atoms with van der Waals surface area (Å²) in [5.74, 6) is -0.0561. The maximum atomic E-state index is 13.1. The average Bonchev–Trinajstić information content (AvgIpc) is 3.23. The van der Waals surface area contributed by atoms with Crippen LogP contribution in [0.2, 0.25) is 0 Å². The molecule has 2 fully saturated rings. The first kappa shape index (κ1) is 17.7. The van der Waals surface area contributed by atoms with Crippen molar-refractivity contribution in [3.8, 4) is 6.07 Å². The quantitative estimate of drug-likeness (QED) is 0.849. The predicted molar refractivity (Wildman–Crippen MR) is 109 cm³/mol. The Hall–Kier alpha value is -2.43. The van der Waals surface area contributed by atoms with Gasteiger partial charge in [-0.1, -0.05) is 17.4 Å². The summed E-state index contributed by atoms with van der Waals surface area (Å²) in [6.45, 7) is 5.25. The second-order valence-electron chi connectivity index (χ2n) is 7.95. The Morgan fingerprint density at radius 1 is 1.32 bits per heavy atom. The Morgan fingerprint density at radius 3 is 2.86 bits per heavy atom. The Morgan fingerprint density at radius 2 is 2.11 bits per heavy atom. The van der Waals surface area contributed by atoms with Crippen molar-refractivity contribution in [2.45, 2.75) is 44.8 Å². The van der Waals surface area contributed by atoms with E-state index in [0.717, 1.165) is 35.9 Å².